The van der Waals surface area contributed by atoms with Gasteiger partial charge in [-0.2, -0.15) is 0 Å². The van der Waals surface area contributed by atoms with Gasteiger partial charge in [0.2, 0.25) is 0 Å². The van der Waals surface area contributed by atoms with Gasteiger partial charge in [-0.15, -0.1) is 24.0 Å². The fraction of sp³-hybridized carbons (Fsp3) is 0.944. The lowest BCUT2D eigenvalue weighted by Crippen LogP contribution is -2.42. The number of hydrogen-bond donors (Lipinski definition) is 1. The quantitative estimate of drug-likeness (QED) is 0.410. The van der Waals surface area contributed by atoms with E-state index in [4.69, 9.17) is 0 Å². The molecule has 2 unspecified atom stereocenters. The lowest BCUT2D eigenvalue weighted by atomic mass is 9.97. The summed E-state index contributed by atoms with van der Waals surface area (Å²) in [7, 11) is 1.93. The Morgan fingerprint density at radius 3 is 2.48 bits per heavy atom. The number of hydrogen-bond acceptors (Lipinski definition) is 2. The van der Waals surface area contributed by atoms with Gasteiger partial charge in [-0.25, -0.2) is 0 Å². The summed E-state index contributed by atoms with van der Waals surface area (Å²) in [6.45, 7) is 10.7. The van der Waals surface area contributed by atoms with E-state index in [1.54, 1.807) is 0 Å². The maximum Gasteiger partial charge on any atom is 0.193 e. The number of rotatable bonds is 5. The lowest BCUT2D eigenvalue weighted by Gasteiger charge is -2.23. The van der Waals surface area contributed by atoms with E-state index in [9.17, 15) is 0 Å². The van der Waals surface area contributed by atoms with Crippen molar-refractivity contribution in [3.8, 4) is 0 Å². The van der Waals surface area contributed by atoms with E-state index in [1.807, 2.05) is 7.05 Å². The van der Waals surface area contributed by atoms with Crippen LogP contribution in [0.5, 0.6) is 0 Å². The third-order valence-electron chi connectivity index (χ3n) is 5.53. The smallest absolute Gasteiger partial charge is 0.193 e. The Morgan fingerprint density at radius 1 is 1.09 bits per heavy atom. The molecule has 0 aromatic heterocycles. The highest BCUT2D eigenvalue weighted by Gasteiger charge is 2.34. The Labute approximate surface area is 159 Å². The zero-order valence-electron chi connectivity index (χ0n) is 15.1. The molecule has 2 aliphatic heterocycles. The molecule has 0 radical (unpaired) electrons. The van der Waals surface area contributed by atoms with Crippen molar-refractivity contribution >= 4 is 29.9 Å². The van der Waals surface area contributed by atoms with Crippen molar-refractivity contribution in [3.63, 3.8) is 0 Å². The topological polar surface area (TPSA) is 30.9 Å². The number of nitrogens with zero attached hydrogens (tertiary/aromatic N) is 3. The lowest BCUT2D eigenvalue weighted by molar-refractivity contribution is 0.313. The average Bonchev–Trinajstić information content (AvgIpc) is 3.06. The summed E-state index contributed by atoms with van der Waals surface area (Å²) < 4.78 is 0. The van der Waals surface area contributed by atoms with Gasteiger partial charge < -0.3 is 15.1 Å². The van der Waals surface area contributed by atoms with Gasteiger partial charge in [0, 0.05) is 39.3 Å². The van der Waals surface area contributed by atoms with E-state index in [0.717, 1.165) is 36.3 Å². The van der Waals surface area contributed by atoms with Crippen LogP contribution < -0.4 is 5.32 Å². The van der Waals surface area contributed by atoms with Gasteiger partial charge in [0.15, 0.2) is 5.96 Å². The van der Waals surface area contributed by atoms with Gasteiger partial charge in [-0.1, -0.05) is 13.8 Å². The van der Waals surface area contributed by atoms with Crippen LogP contribution in [0.4, 0.5) is 0 Å². The summed E-state index contributed by atoms with van der Waals surface area (Å²) in [6, 6.07) is 0.930. The molecule has 2 heterocycles. The van der Waals surface area contributed by atoms with Crippen LogP contribution in [0.15, 0.2) is 4.99 Å². The molecule has 0 amide bonds. The minimum atomic E-state index is 0. The second kappa shape index (κ2) is 8.88. The second-order valence-corrected chi connectivity index (χ2v) is 8.04. The van der Waals surface area contributed by atoms with Crippen LogP contribution in [-0.2, 0) is 0 Å². The van der Waals surface area contributed by atoms with Gasteiger partial charge in [0.25, 0.3) is 0 Å². The maximum absolute atomic E-state index is 4.53. The molecule has 4 nitrogen and oxygen atoms in total. The van der Waals surface area contributed by atoms with Gasteiger partial charge in [-0.3, -0.25) is 4.99 Å². The van der Waals surface area contributed by atoms with Crippen molar-refractivity contribution in [2.24, 2.45) is 22.7 Å². The molecule has 3 fully saturated rings. The van der Waals surface area contributed by atoms with Crippen LogP contribution in [0, 0.1) is 17.8 Å². The molecule has 2 atom stereocenters. The van der Waals surface area contributed by atoms with E-state index in [0.29, 0.717) is 0 Å². The fourth-order valence-corrected chi connectivity index (χ4v) is 4.25. The first-order chi connectivity index (χ1) is 10.7. The number of aliphatic imine (C=N–C) groups is 1. The monoisotopic (exact) mass is 434 g/mol. The van der Waals surface area contributed by atoms with Gasteiger partial charge in [0.1, 0.15) is 0 Å². The Morgan fingerprint density at radius 2 is 1.83 bits per heavy atom. The number of guanidine groups is 1. The van der Waals surface area contributed by atoms with E-state index >= 15 is 0 Å². The van der Waals surface area contributed by atoms with Crippen LogP contribution in [0.2, 0.25) is 0 Å². The normalized spacial score (nSPS) is 29.2. The van der Waals surface area contributed by atoms with Crippen molar-refractivity contribution in [1.82, 2.24) is 15.1 Å². The molecule has 0 aromatic rings. The predicted molar refractivity (Wildman–Crippen MR) is 109 cm³/mol. The van der Waals surface area contributed by atoms with Crippen molar-refractivity contribution < 1.29 is 0 Å². The van der Waals surface area contributed by atoms with Crippen molar-refractivity contribution in [2.45, 2.75) is 52.0 Å². The summed E-state index contributed by atoms with van der Waals surface area (Å²) in [5, 5.41) is 3.66. The van der Waals surface area contributed by atoms with E-state index < -0.39 is 0 Å². The van der Waals surface area contributed by atoms with Crippen LogP contribution in [0.25, 0.3) is 0 Å². The first-order valence-electron chi connectivity index (χ1n) is 9.35. The van der Waals surface area contributed by atoms with Gasteiger partial charge in [0.05, 0.1) is 0 Å². The highest BCUT2D eigenvalue weighted by molar-refractivity contribution is 14.0. The van der Waals surface area contributed by atoms with Crippen molar-refractivity contribution in [2.75, 3.05) is 39.8 Å². The molecule has 3 aliphatic rings. The van der Waals surface area contributed by atoms with Crippen LogP contribution in [0.3, 0.4) is 0 Å². The molecule has 0 aromatic carbocycles. The van der Waals surface area contributed by atoms with Crippen LogP contribution >= 0.6 is 24.0 Å². The molecule has 23 heavy (non-hydrogen) atoms. The summed E-state index contributed by atoms with van der Waals surface area (Å²) in [5.41, 5.74) is 0. The zero-order chi connectivity index (χ0) is 15.5. The minimum absolute atomic E-state index is 0. The molecule has 0 bridgehead atoms. The highest BCUT2D eigenvalue weighted by Crippen LogP contribution is 2.31. The minimum Gasteiger partial charge on any atom is -0.356 e. The molecule has 1 N–H and O–H groups in total. The standard InChI is InChI=1S/C18H34N4.HI/c1-14(2)10-15-6-9-22(12-15)18(19-3)20-11-16-7-8-21(13-16)17-4-5-17;/h14-17H,4-13H2,1-3H3,(H,19,20);1H. The molecular weight excluding hydrogens is 399 g/mol. The summed E-state index contributed by atoms with van der Waals surface area (Å²) >= 11 is 0. The number of halogens is 1. The highest BCUT2D eigenvalue weighted by atomic mass is 127. The van der Waals surface area contributed by atoms with Crippen LogP contribution in [-0.4, -0.2) is 61.6 Å². The maximum atomic E-state index is 4.53. The van der Waals surface area contributed by atoms with Crippen molar-refractivity contribution in [1.29, 1.82) is 0 Å². The van der Waals surface area contributed by atoms with E-state index in [1.165, 1.54) is 58.3 Å². The molecule has 5 heteroatoms. The first-order valence-corrected chi connectivity index (χ1v) is 9.35. The first kappa shape index (κ1) is 19.3. The molecule has 1 saturated carbocycles. The van der Waals surface area contributed by atoms with E-state index in [-0.39, 0.29) is 24.0 Å². The molecule has 1 aliphatic carbocycles. The number of nitrogens with one attached hydrogen (secondary N) is 1. The molecule has 134 valence electrons. The third kappa shape index (κ3) is 5.48. The second-order valence-electron chi connectivity index (χ2n) is 8.04. The van der Waals surface area contributed by atoms with E-state index in [2.05, 4.69) is 34.0 Å². The summed E-state index contributed by atoms with van der Waals surface area (Å²) in [5.74, 6) is 3.62. The molecule has 0 spiro atoms. The van der Waals surface area contributed by atoms with Crippen LogP contribution in [0.1, 0.15) is 46.0 Å². The Balaban J connectivity index is 0.00000192. The average molecular weight is 434 g/mol. The Bertz CT molecular complexity index is 394. The Kier molecular flexibility index (Phi) is 7.45. The van der Waals surface area contributed by atoms with Gasteiger partial charge >= 0.3 is 0 Å². The summed E-state index contributed by atoms with van der Waals surface area (Å²) in [6.07, 6.45) is 6.92. The summed E-state index contributed by atoms with van der Waals surface area (Å²) in [4.78, 5) is 9.70. The number of likely N-dealkylation sites (tertiary alicyclic amines) is 2. The zero-order valence-corrected chi connectivity index (χ0v) is 17.5. The SMILES string of the molecule is CN=C(NCC1CCN(C2CC2)C1)N1CCC(CC(C)C)C1.I. The third-order valence-corrected chi connectivity index (χ3v) is 5.53. The van der Waals surface area contributed by atoms with Crippen molar-refractivity contribution in [3.05, 3.63) is 0 Å². The molecular formula is C18H35IN4. The van der Waals surface area contributed by atoms with Gasteiger partial charge in [-0.05, 0) is 56.4 Å². The molecule has 2 saturated heterocycles. The Hall–Kier alpha value is -0.0400. The fourth-order valence-electron chi connectivity index (χ4n) is 4.25. The molecule has 3 rings (SSSR count). The predicted octanol–water partition coefficient (Wildman–Crippen LogP) is 3.03. The largest absolute Gasteiger partial charge is 0.356 e.